The number of aryl methyl sites for hydroxylation is 1. The Morgan fingerprint density at radius 3 is 2.76 bits per heavy atom. The number of nitrogens with one attached hydrogen (secondary N) is 1. The third-order valence-corrected chi connectivity index (χ3v) is 4.16. The van der Waals surface area contributed by atoms with Crippen molar-refractivity contribution in [2.45, 2.75) is 45.2 Å². The molecule has 1 saturated carbocycles. The first-order chi connectivity index (χ1) is 10.0. The highest BCUT2D eigenvalue weighted by molar-refractivity contribution is 6.30. The highest BCUT2D eigenvalue weighted by Crippen LogP contribution is 2.32. The number of benzene rings is 1. The van der Waals surface area contributed by atoms with E-state index < -0.39 is 0 Å². The first-order valence-corrected chi connectivity index (χ1v) is 7.98. The highest BCUT2D eigenvalue weighted by Gasteiger charge is 2.21. The number of hydrogen-bond donors (Lipinski definition) is 1. The van der Waals surface area contributed by atoms with Crippen LogP contribution in [0.3, 0.4) is 0 Å². The minimum Gasteiger partial charge on any atom is -0.310 e. The number of nitrogens with zero attached hydrogens (tertiary/aromatic N) is 2. The van der Waals surface area contributed by atoms with Crippen LogP contribution in [0.1, 0.15) is 43.9 Å². The van der Waals surface area contributed by atoms with Gasteiger partial charge in [-0.15, -0.1) is 0 Å². The van der Waals surface area contributed by atoms with Crippen LogP contribution in [-0.4, -0.2) is 15.8 Å². The molecular formula is C17H22ClN3. The van der Waals surface area contributed by atoms with Crippen molar-refractivity contribution in [2.75, 3.05) is 0 Å². The Morgan fingerprint density at radius 1 is 1.33 bits per heavy atom. The molecule has 1 heterocycles. The predicted molar refractivity (Wildman–Crippen MR) is 87.6 cm³/mol. The van der Waals surface area contributed by atoms with Crippen molar-refractivity contribution < 1.29 is 0 Å². The second kappa shape index (κ2) is 5.82. The zero-order chi connectivity index (χ0) is 15.0. The molecule has 2 aromatic rings. The molecule has 1 fully saturated rings. The summed E-state index contributed by atoms with van der Waals surface area (Å²) in [7, 11) is 1.98. The summed E-state index contributed by atoms with van der Waals surface area (Å²) in [5.41, 5.74) is 4.86. The van der Waals surface area contributed by atoms with Gasteiger partial charge in [-0.3, -0.25) is 4.68 Å². The van der Waals surface area contributed by atoms with Crippen LogP contribution in [-0.2, 0) is 13.6 Å². The van der Waals surface area contributed by atoms with Gasteiger partial charge in [-0.2, -0.15) is 5.10 Å². The molecule has 0 spiro atoms. The number of rotatable bonds is 5. The molecule has 1 aromatic carbocycles. The van der Waals surface area contributed by atoms with Crippen molar-refractivity contribution in [1.82, 2.24) is 15.1 Å². The molecule has 1 aliphatic rings. The van der Waals surface area contributed by atoms with Crippen LogP contribution in [0.25, 0.3) is 11.1 Å². The lowest BCUT2D eigenvalue weighted by Gasteiger charge is -2.12. The molecule has 4 heteroatoms. The van der Waals surface area contributed by atoms with Gasteiger partial charge in [0, 0.05) is 36.4 Å². The summed E-state index contributed by atoms with van der Waals surface area (Å²) in [6.07, 6.45) is 4.69. The van der Waals surface area contributed by atoms with Crippen LogP contribution in [0.5, 0.6) is 0 Å². The van der Waals surface area contributed by atoms with Crippen LogP contribution >= 0.6 is 11.6 Å². The Hall–Kier alpha value is -1.32. The topological polar surface area (TPSA) is 29.9 Å². The average Bonchev–Trinajstić information content (AvgIpc) is 3.18. The predicted octanol–water partition coefficient (Wildman–Crippen LogP) is 4.12. The van der Waals surface area contributed by atoms with E-state index in [0.717, 1.165) is 17.3 Å². The first-order valence-electron chi connectivity index (χ1n) is 7.60. The zero-order valence-corrected chi connectivity index (χ0v) is 13.6. The van der Waals surface area contributed by atoms with Crippen LogP contribution in [0.2, 0.25) is 5.02 Å². The van der Waals surface area contributed by atoms with E-state index >= 15 is 0 Å². The van der Waals surface area contributed by atoms with Gasteiger partial charge in [0.25, 0.3) is 0 Å². The fraction of sp³-hybridized carbons (Fsp3) is 0.471. The summed E-state index contributed by atoms with van der Waals surface area (Å²) in [5, 5.41) is 8.99. The molecule has 1 aromatic heterocycles. The minimum atomic E-state index is 0.404. The van der Waals surface area contributed by atoms with Crippen LogP contribution in [0.15, 0.2) is 24.4 Å². The van der Waals surface area contributed by atoms with Gasteiger partial charge in [0.1, 0.15) is 0 Å². The molecule has 3 nitrogen and oxygen atoms in total. The largest absolute Gasteiger partial charge is 0.310 e. The molecule has 3 rings (SSSR count). The quantitative estimate of drug-likeness (QED) is 0.900. The van der Waals surface area contributed by atoms with Crippen LogP contribution in [0, 0.1) is 0 Å². The maximum absolute atomic E-state index is 6.19. The Bertz CT molecular complexity index is 641. The summed E-state index contributed by atoms with van der Waals surface area (Å²) in [5.74, 6) is 0.404. The molecule has 1 N–H and O–H groups in total. The van der Waals surface area contributed by atoms with Gasteiger partial charge in [-0.1, -0.05) is 31.5 Å². The van der Waals surface area contributed by atoms with Gasteiger partial charge in [-0.05, 0) is 42.0 Å². The van der Waals surface area contributed by atoms with Gasteiger partial charge in [0.05, 0.1) is 5.69 Å². The van der Waals surface area contributed by atoms with E-state index in [1.165, 1.54) is 29.5 Å². The molecule has 1 aliphatic carbocycles. The Morgan fingerprint density at radius 2 is 2.10 bits per heavy atom. The van der Waals surface area contributed by atoms with Gasteiger partial charge in [0.2, 0.25) is 0 Å². The Kier molecular flexibility index (Phi) is 4.05. The van der Waals surface area contributed by atoms with Crippen molar-refractivity contribution in [3.8, 4) is 11.1 Å². The van der Waals surface area contributed by atoms with Gasteiger partial charge in [-0.25, -0.2) is 0 Å². The van der Waals surface area contributed by atoms with E-state index in [-0.39, 0.29) is 0 Å². The van der Waals surface area contributed by atoms with Gasteiger partial charge >= 0.3 is 0 Å². The molecule has 0 bridgehead atoms. The molecule has 0 atom stereocenters. The van der Waals surface area contributed by atoms with Gasteiger partial charge < -0.3 is 5.32 Å². The van der Waals surface area contributed by atoms with Crippen LogP contribution < -0.4 is 5.32 Å². The maximum Gasteiger partial charge on any atom is 0.0728 e. The fourth-order valence-corrected chi connectivity index (χ4v) is 2.85. The fourth-order valence-electron chi connectivity index (χ4n) is 2.65. The monoisotopic (exact) mass is 303 g/mol. The third-order valence-electron chi connectivity index (χ3n) is 3.92. The maximum atomic E-state index is 6.19. The standard InChI is InChI=1S/C17H22ClN3/c1-11(2)17-16(10-21(3)20-17)15-7-4-13(18)8-12(15)9-19-14-5-6-14/h4,7-8,10-11,14,19H,5-6,9H2,1-3H3. The second-order valence-electron chi connectivity index (χ2n) is 6.21. The summed E-state index contributed by atoms with van der Waals surface area (Å²) in [6.45, 7) is 5.24. The van der Waals surface area contributed by atoms with Crippen molar-refractivity contribution >= 4 is 11.6 Å². The second-order valence-corrected chi connectivity index (χ2v) is 6.65. The molecular weight excluding hydrogens is 282 g/mol. The molecule has 112 valence electrons. The van der Waals surface area contributed by atoms with Crippen molar-refractivity contribution in [3.63, 3.8) is 0 Å². The van der Waals surface area contributed by atoms with Crippen molar-refractivity contribution in [1.29, 1.82) is 0 Å². The van der Waals surface area contributed by atoms with Crippen LogP contribution in [0.4, 0.5) is 0 Å². The molecule has 21 heavy (non-hydrogen) atoms. The average molecular weight is 304 g/mol. The van der Waals surface area contributed by atoms with E-state index in [9.17, 15) is 0 Å². The van der Waals surface area contributed by atoms with Gasteiger partial charge in [0.15, 0.2) is 0 Å². The summed E-state index contributed by atoms with van der Waals surface area (Å²) < 4.78 is 1.90. The SMILES string of the molecule is CC(C)c1nn(C)cc1-c1ccc(Cl)cc1CNC1CC1. The van der Waals surface area contributed by atoms with E-state index in [1.807, 2.05) is 17.8 Å². The summed E-state index contributed by atoms with van der Waals surface area (Å²) >= 11 is 6.19. The minimum absolute atomic E-state index is 0.404. The number of aromatic nitrogens is 2. The molecule has 0 amide bonds. The molecule has 0 saturated heterocycles. The summed E-state index contributed by atoms with van der Waals surface area (Å²) in [6, 6.07) is 6.85. The number of hydrogen-bond acceptors (Lipinski definition) is 2. The molecule has 0 unspecified atom stereocenters. The first kappa shape index (κ1) is 14.6. The highest BCUT2D eigenvalue weighted by atomic mass is 35.5. The lowest BCUT2D eigenvalue weighted by Crippen LogP contribution is -2.16. The lowest BCUT2D eigenvalue weighted by molar-refractivity contribution is 0.688. The van der Waals surface area contributed by atoms with E-state index in [1.54, 1.807) is 0 Å². The smallest absolute Gasteiger partial charge is 0.0728 e. The van der Waals surface area contributed by atoms with E-state index in [2.05, 4.69) is 42.6 Å². The lowest BCUT2D eigenvalue weighted by atomic mass is 9.96. The third kappa shape index (κ3) is 3.30. The zero-order valence-electron chi connectivity index (χ0n) is 12.9. The van der Waals surface area contributed by atoms with Crippen molar-refractivity contribution in [2.24, 2.45) is 7.05 Å². The van der Waals surface area contributed by atoms with E-state index in [4.69, 9.17) is 11.6 Å². The van der Waals surface area contributed by atoms with E-state index in [0.29, 0.717) is 12.0 Å². The normalized spacial score (nSPS) is 14.9. The summed E-state index contributed by atoms with van der Waals surface area (Å²) in [4.78, 5) is 0. The molecule has 0 aliphatic heterocycles. The number of halogens is 1. The Labute approximate surface area is 131 Å². The molecule has 0 radical (unpaired) electrons. The van der Waals surface area contributed by atoms with Crippen molar-refractivity contribution in [3.05, 3.63) is 40.7 Å². The Balaban J connectivity index is 2.00.